The molecule has 0 amide bonds. The number of ether oxygens (including phenoxy) is 1. The Hall–Kier alpha value is -2.26. The summed E-state index contributed by atoms with van der Waals surface area (Å²) in [6.45, 7) is 0. The van der Waals surface area contributed by atoms with Crippen LogP contribution in [0, 0.1) is 0 Å². The molecule has 1 saturated carbocycles. The summed E-state index contributed by atoms with van der Waals surface area (Å²) in [4.78, 5) is 13.5. The molecule has 0 aliphatic heterocycles. The second-order valence-corrected chi connectivity index (χ2v) is 8.18. The van der Waals surface area contributed by atoms with Gasteiger partial charge < -0.3 is 4.74 Å². The summed E-state index contributed by atoms with van der Waals surface area (Å²) in [5.74, 6) is 0.556. The van der Waals surface area contributed by atoms with Gasteiger partial charge in [-0.15, -0.1) is 11.8 Å². The summed E-state index contributed by atoms with van der Waals surface area (Å²) in [5, 5.41) is 2.51. The van der Waals surface area contributed by atoms with Crippen LogP contribution in [0.2, 0.25) is 0 Å². The molecule has 0 spiro atoms. The van der Waals surface area contributed by atoms with E-state index in [1.807, 2.05) is 30.3 Å². The maximum absolute atomic E-state index is 12.4. The smallest absolute Gasteiger partial charge is 0.316 e. The summed E-state index contributed by atoms with van der Waals surface area (Å²) in [5.41, 5.74) is 1.29. The predicted octanol–water partition coefficient (Wildman–Crippen LogP) is 6.20. The highest BCUT2D eigenvalue weighted by atomic mass is 32.2. The molecule has 3 aromatic rings. The summed E-state index contributed by atoms with van der Waals surface area (Å²) in [6, 6.07) is 25.1. The van der Waals surface area contributed by atoms with Gasteiger partial charge in [0.05, 0.1) is 5.75 Å². The van der Waals surface area contributed by atoms with Crippen molar-refractivity contribution in [2.24, 2.45) is 0 Å². The van der Waals surface area contributed by atoms with Gasteiger partial charge in [-0.2, -0.15) is 0 Å². The van der Waals surface area contributed by atoms with E-state index in [2.05, 4.69) is 42.5 Å². The topological polar surface area (TPSA) is 26.3 Å². The Balaban J connectivity index is 1.44. The fourth-order valence-electron chi connectivity index (χ4n) is 3.92. The van der Waals surface area contributed by atoms with Crippen molar-refractivity contribution in [2.75, 3.05) is 5.75 Å². The molecule has 1 aliphatic rings. The van der Waals surface area contributed by atoms with Crippen LogP contribution in [0.1, 0.15) is 37.2 Å². The van der Waals surface area contributed by atoms with Gasteiger partial charge in [-0.3, -0.25) is 4.79 Å². The van der Waals surface area contributed by atoms with Crippen LogP contribution in [0.3, 0.4) is 0 Å². The van der Waals surface area contributed by atoms with Crippen molar-refractivity contribution in [1.82, 2.24) is 0 Å². The van der Waals surface area contributed by atoms with Crippen LogP contribution in [0.15, 0.2) is 77.7 Å². The van der Waals surface area contributed by atoms with E-state index in [1.54, 1.807) is 11.8 Å². The van der Waals surface area contributed by atoms with Crippen LogP contribution in [-0.4, -0.2) is 17.8 Å². The van der Waals surface area contributed by atoms with Crippen LogP contribution in [0.4, 0.5) is 0 Å². The van der Waals surface area contributed by atoms with Gasteiger partial charge in [0.2, 0.25) is 0 Å². The van der Waals surface area contributed by atoms with Crippen LogP contribution < -0.4 is 0 Å². The Bertz CT molecular complexity index is 906. The van der Waals surface area contributed by atoms with Crippen LogP contribution >= 0.6 is 11.8 Å². The highest BCUT2D eigenvalue weighted by Crippen LogP contribution is 2.36. The van der Waals surface area contributed by atoms with Crippen molar-refractivity contribution in [2.45, 2.75) is 42.6 Å². The minimum atomic E-state index is -0.110. The summed E-state index contributed by atoms with van der Waals surface area (Å²) >= 11 is 1.54. The van der Waals surface area contributed by atoms with Crippen LogP contribution in [0.25, 0.3) is 10.8 Å². The molecular weight excluding hydrogens is 352 g/mol. The van der Waals surface area contributed by atoms with Crippen molar-refractivity contribution in [3.63, 3.8) is 0 Å². The van der Waals surface area contributed by atoms with Crippen LogP contribution in [-0.2, 0) is 9.53 Å². The first kappa shape index (κ1) is 18.1. The van der Waals surface area contributed by atoms with E-state index in [-0.39, 0.29) is 12.1 Å². The zero-order valence-corrected chi connectivity index (χ0v) is 16.2. The van der Waals surface area contributed by atoms with Gasteiger partial charge in [-0.1, -0.05) is 67.1 Å². The highest BCUT2D eigenvalue weighted by molar-refractivity contribution is 8.00. The average molecular weight is 377 g/mol. The first-order valence-electron chi connectivity index (χ1n) is 9.65. The Labute approximate surface area is 164 Å². The number of hydrogen-bond acceptors (Lipinski definition) is 3. The Morgan fingerprint density at radius 1 is 0.889 bits per heavy atom. The van der Waals surface area contributed by atoms with Gasteiger partial charge in [0, 0.05) is 10.8 Å². The molecule has 0 heterocycles. The maximum Gasteiger partial charge on any atom is 0.316 e. The van der Waals surface area contributed by atoms with E-state index in [0.717, 1.165) is 24.2 Å². The van der Waals surface area contributed by atoms with Gasteiger partial charge >= 0.3 is 5.97 Å². The second-order valence-electron chi connectivity index (χ2n) is 7.13. The standard InChI is InChI=1S/C24H24O2S/c25-24(17-27-21-10-2-1-3-11-21)26-23-13-7-6-12-22(23)20-15-14-18-8-4-5-9-19(18)16-20/h1-5,8-11,14-16,22-23H,6-7,12-13,17H2/t22-,23+/m0/s1. The van der Waals surface area contributed by atoms with Gasteiger partial charge in [-0.05, 0) is 47.7 Å². The molecule has 2 nitrogen and oxygen atoms in total. The molecule has 1 aliphatic carbocycles. The minimum Gasteiger partial charge on any atom is -0.461 e. The highest BCUT2D eigenvalue weighted by Gasteiger charge is 2.29. The van der Waals surface area contributed by atoms with E-state index in [9.17, 15) is 4.79 Å². The third-order valence-electron chi connectivity index (χ3n) is 5.29. The molecule has 3 heteroatoms. The number of thioether (sulfide) groups is 1. The zero-order valence-electron chi connectivity index (χ0n) is 15.3. The molecule has 0 saturated heterocycles. The number of rotatable bonds is 5. The number of benzene rings is 3. The largest absolute Gasteiger partial charge is 0.461 e. The third kappa shape index (κ3) is 4.54. The van der Waals surface area contributed by atoms with Crippen molar-refractivity contribution >= 4 is 28.5 Å². The molecule has 1 fully saturated rings. The first-order valence-corrected chi connectivity index (χ1v) is 10.6. The number of esters is 1. The molecule has 3 aromatic carbocycles. The molecule has 0 bridgehead atoms. The molecule has 0 aromatic heterocycles. The number of hydrogen-bond donors (Lipinski definition) is 0. The average Bonchev–Trinajstić information content (AvgIpc) is 2.73. The van der Waals surface area contributed by atoms with Gasteiger partial charge in [-0.25, -0.2) is 0 Å². The fourth-order valence-corrected chi connectivity index (χ4v) is 4.62. The third-order valence-corrected chi connectivity index (χ3v) is 6.27. The van der Waals surface area contributed by atoms with E-state index in [4.69, 9.17) is 4.74 Å². The number of carbonyl (C=O) groups is 1. The van der Waals surface area contributed by atoms with Crippen molar-refractivity contribution in [3.05, 3.63) is 78.4 Å². The molecule has 2 atom stereocenters. The lowest BCUT2D eigenvalue weighted by Crippen LogP contribution is -2.29. The summed E-state index contributed by atoms with van der Waals surface area (Å²) in [6.07, 6.45) is 4.36. The number of carbonyl (C=O) groups excluding carboxylic acids is 1. The maximum atomic E-state index is 12.4. The number of fused-ring (bicyclic) bond motifs is 1. The molecule has 0 radical (unpaired) electrons. The lowest BCUT2D eigenvalue weighted by Gasteiger charge is -2.31. The van der Waals surface area contributed by atoms with Crippen LogP contribution in [0.5, 0.6) is 0 Å². The van der Waals surface area contributed by atoms with E-state index >= 15 is 0 Å². The Morgan fingerprint density at radius 3 is 2.48 bits per heavy atom. The van der Waals surface area contributed by atoms with Crippen molar-refractivity contribution < 1.29 is 9.53 Å². The monoisotopic (exact) mass is 376 g/mol. The normalized spacial score (nSPS) is 19.7. The fraction of sp³-hybridized carbons (Fsp3) is 0.292. The van der Waals surface area contributed by atoms with E-state index in [1.165, 1.54) is 22.8 Å². The zero-order chi connectivity index (χ0) is 18.5. The minimum absolute atomic E-state index is 0.0104. The lowest BCUT2D eigenvalue weighted by molar-refractivity contribution is -0.148. The van der Waals surface area contributed by atoms with Crippen molar-refractivity contribution in [1.29, 1.82) is 0 Å². The van der Waals surface area contributed by atoms with Crippen molar-refractivity contribution in [3.8, 4) is 0 Å². The lowest BCUT2D eigenvalue weighted by atomic mass is 9.81. The molecule has 0 N–H and O–H groups in total. The predicted molar refractivity (Wildman–Crippen MR) is 112 cm³/mol. The Kier molecular flexibility index (Phi) is 5.78. The molecular formula is C24H24O2S. The Morgan fingerprint density at radius 2 is 1.63 bits per heavy atom. The summed E-state index contributed by atoms with van der Waals surface area (Å²) < 4.78 is 5.93. The van der Waals surface area contributed by atoms with Gasteiger partial charge in [0.1, 0.15) is 6.10 Å². The second kappa shape index (κ2) is 8.62. The first-order chi connectivity index (χ1) is 13.3. The molecule has 27 heavy (non-hydrogen) atoms. The molecule has 4 rings (SSSR count). The van der Waals surface area contributed by atoms with E-state index in [0.29, 0.717) is 11.7 Å². The summed E-state index contributed by atoms with van der Waals surface area (Å²) in [7, 11) is 0. The van der Waals surface area contributed by atoms with E-state index < -0.39 is 0 Å². The molecule has 0 unspecified atom stereocenters. The van der Waals surface area contributed by atoms with Gasteiger partial charge in [0.25, 0.3) is 0 Å². The van der Waals surface area contributed by atoms with Gasteiger partial charge in [0.15, 0.2) is 0 Å². The quantitative estimate of drug-likeness (QED) is 0.392. The molecule has 138 valence electrons. The SMILES string of the molecule is O=C(CSc1ccccc1)O[C@@H]1CCCC[C@H]1c1ccc2ccccc2c1.